The second-order valence-corrected chi connectivity index (χ2v) is 6.85. The molecule has 5 nitrogen and oxygen atoms in total. The van der Waals surface area contributed by atoms with Crippen LogP contribution in [0.3, 0.4) is 0 Å². The van der Waals surface area contributed by atoms with E-state index in [1.807, 2.05) is 20.8 Å². The Bertz CT molecular complexity index is 743. The average molecular weight is 352 g/mol. The van der Waals surface area contributed by atoms with Crippen molar-refractivity contribution in [1.82, 2.24) is 10.3 Å². The van der Waals surface area contributed by atoms with Crippen molar-refractivity contribution in [2.75, 3.05) is 5.32 Å². The van der Waals surface area contributed by atoms with E-state index in [2.05, 4.69) is 15.6 Å². The molecule has 0 fully saturated rings. The van der Waals surface area contributed by atoms with Gasteiger partial charge in [-0.2, -0.15) is 0 Å². The molecule has 0 saturated carbocycles. The lowest BCUT2D eigenvalue weighted by Gasteiger charge is -2.09. The van der Waals surface area contributed by atoms with Crippen molar-refractivity contribution in [3.63, 3.8) is 0 Å². The first-order chi connectivity index (χ1) is 10.9. The zero-order chi connectivity index (χ0) is 17.0. The summed E-state index contributed by atoms with van der Waals surface area (Å²) < 4.78 is 0. The van der Waals surface area contributed by atoms with Crippen LogP contribution < -0.4 is 10.6 Å². The van der Waals surface area contributed by atoms with Crippen LogP contribution in [0.5, 0.6) is 0 Å². The smallest absolute Gasteiger partial charge is 0.233 e. The van der Waals surface area contributed by atoms with Crippen molar-refractivity contribution in [2.24, 2.45) is 0 Å². The number of halogens is 1. The molecule has 2 rings (SSSR count). The summed E-state index contributed by atoms with van der Waals surface area (Å²) >= 11 is 7.54. The molecule has 23 heavy (non-hydrogen) atoms. The Labute approximate surface area is 144 Å². The minimum Gasteiger partial charge on any atom is -0.351 e. The first-order valence-corrected chi connectivity index (χ1v) is 8.31. The number of aryl methyl sites for hydroxylation is 2. The minimum absolute atomic E-state index is 0.233. The molecule has 122 valence electrons. The molecule has 0 spiro atoms. The van der Waals surface area contributed by atoms with E-state index in [9.17, 15) is 9.59 Å². The molecule has 0 aliphatic heterocycles. The highest BCUT2D eigenvalue weighted by Crippen LogP contribution is 2.23. The summed E-state index contributed by atoms with van der Waals surface area (Å²) in [6.07, 6.45) is -0.233. The number of nitrogens with one attached hydrogen (secondary N) is 2. The third kappa shape index (κ3) is 4.77. The summed E-state index contributed by atoms with van der Waals surface area (Å²) in [5.41, 5.74) is 2.30. The molecule has 7 heteroatoms. The Balaban J connectivity index is 1.86. The highest BCUT2D eigenvalue weighted by atomic mass is 35.5. The third-order valence-electron chi connectivity index (χ3n) is 3.31. The fourth-order valence-corrected chi connectivity index (χ4v) is 3.11. The number of anilines is 1. The van der Waals surface area contributed by atoms with Gasteiger partial charge in [-0.05, 0) is 38.5 Å². The van der Waals surface area contributed by atoms with Crippen molar-refractivity contribution < 1.29 is 9.59 Å². The van der Waals surface area contributed by atoms with Crippen LogP contribution in [0.2, 0.25) is 5.02 Å². The molecule has 0 unspecified atom stereocenters. The van der Waals surface area contributed by atoms with Gasteiger partial charge in [0.15, 0.2) is 0 Å². The van der Waals surface area contributed by atoms with Gasteiger partial charge >= 0.3 is 0 Å². The number of nitrogens with zero attached hydrogens (tertiary/aromatic N) is 1. The summed E-state index contributed by atoms with van der Waals surface area (Å²) in [6, 6.07) is 5.25. The molecular weight excluding hydrogens is 334 g/mol. The second kappa shape index (κ2) is 7.57. The van der Waals surface area contributed by atoms with Crippen LogP contribution in [0.1, 0.15) is 27.6 Å². The number of rotatable bonds is 5. The van der Waals surface area contributed by atoms with Crippen molar-refractivity contribution in [3.05, 3.63) is 44.4 Å². The van der Waals surface area contributed by atoms with E-state index in [0.717, 1.165) is 21.1 Å². The lowest BCUT2D eigenvalue weighted by molar-refractivity contribution is -0.126. The molecule has 2 N–H and O–H groups in total. The number of benzene rings is 1. The first-order valence-electron chi connectivity index (χ1n) is 7.11. The molecular formula is C16H18ClN3O2S. The molecule has 0 aliphatic rings. The molecule has 0 saturated heterocycles. The summed E-state index contributed by atoms with van der Waals surface area (Å²) in [5.74, 6) is -0.697. The number of hydrogen-bond acceptors (Lipinski definition) is 4. The van der Waals surface area contributed by atoms with E-state index in [0.29, 0.717) is 17.3 Å². The van der Waals surface area contributed by atoms with E-state index >= 15 is 0 Å². The van der Waals surface area contributed by atoms with Gasteiger partial charge in [0.2, 0.25) is 11.8 Å². The predicted molar refractivity (Wildman–Crippen MR) is 92.9 cm³/mol. The number of carbonyl (C=O) groups is 2. The topological polar surface area (TPSA) is 71.1 Å². The van der Waals surface area contributed by atoms with Gasteiger partial charge in [0.25, 0.3) is 0 Å². The van der Waals surface area contributed by atoms with Gasteiger partial charge in [0, 0.05) is 15.6 Å². The lowest BCUT2D eigenvalue weighted by Crippen LogP contribution is -2.27. The maximum absolute atomic E-state index is 11.9. The summed E-state index contributed by atoms with van der Waals surface area (Å²) in [6.45, 7) is 6.02. The number of carbonyl (C=O) groups excluding carboxylic acids is 2. The Morgan fingerprint density at radius 2 is 1.96 bits per heavy atom. The van der Waals surface area contributed by atoms with Crippen LogP contribution in [0.4, 0.5) is 5.69 Å². The standard InChI is InChI=1S/C16H18ClN3O2S/c1-9-12(17)5-4-6-13(9)20-16(22)7-15(21)18-8-14-10(2)19-11(3)23-14/h4-6H,7-8H2,1-3H3,(H,18,21)(H,20,22). The summed E-state index contributed by atoms with van der Waals surface area (Å²) in [7, 11) is 0. The first kappa shape index (κ1) is 17.4. The van der Waals surface area contributed by atoms with Crippen molar-refractivity contribution in [2.45, 2.75) is 33.7 Å². The van der Waals surface area contributed by atoms with E-state index in [1.165, 1.54) is 0 Å². The van der Waals surface area contributed by atoms with Gasteiger partial charge in [-0.3, -0.25) is 9.59 Å². The van der Waals surface area contributed by atoms with E-state index in [4.69, 9.17) is 11.6 Å². The molecule has 1 heterocycles. The van der Waals surface area contributed by atoms with Crippen LogP contribution in [0, 0.1) is 20.8 Å². The van der Waals surface area contributed by atoms with Gasteiger partial charge < -0.3 is 10.6 Å². The highest BCUT2D eigenvalue weighted by molar-refractivity contribution is 7.11. The van der Waals surface area contributed by atoms with Crippen LogP contribution in [0.15, 0.2) is 18.2 Å². The summed E-state index contributed by atoms with van der Waals surface area (Å²) in [5, 5.41) is 6.97. The fourth-order valence-electron chi connectivity index (χ4n) is 2.06. The van der Waals surface area contributed by atoms with E-state index < -0.39 is 0 Å². The van der Waals surface area contributed by atoms with E-state index in [-0.39, 0.29) is 18.2 Å². The Morgan fingerprint density at radius 1 is 1.22 bits per heavy atom. The molecule has 0 atom stereocenters. The van der Waals surface area contributed by atoms with Crippen LogP contribution >= 0.6 is 22.9 Å². The largest absolute Gasteiger partial charge is 0.351 e. The zero-order valence-corrected chi connectivity index (χ0v) is 14.8. The minimum atomic E-state index is -0.370. The maximum atomic E-state index is 11.9. The molecule has 1 aromatic heterocycles. The van der Waals surface area contributed by atoms with Crippen molar-refractivity contribution in [1.29, 1.82) is 0 Å². The average Bonchev–Trinajstić information content (AvgIpc) is 2.79. The fraction of sp³-hybridized carbons (Fsp3) is 0.312. The Hall–Kier alpha value is -1.92. The van der Waals surface area contributed by atoms with Gasteiger partial charge in [-0.1, -0.05) is 17.7 Å². The monoisotopic (exact) mass is 351 g/mol. The molecule has 0 radical (unpaired) electrons. The van der Waals surface area contributed by atoms with Crippen LogP contribution in [-0.4, -0.2) is 16.8 Å². The lowest BCUT2D eigenvalue weighted by atomic mass is 10.2. The van der Waals surface area contributed by atoms with Crippen molar-refractivity contribution in [3.8, 4) is 0 Å². The van der Waals surface area contributed by atoms with Gasteiger partial charge in [0.05, 0.1) is 17.2 Å². The van der Waals surface area contributed by atoms with E-state index in [1.54, 1.807) is 29.5 Å². The van der Waals surface area contributed by atoms with Gasteiger partial charge in [-0.15, -0.1) is 11.3 Å². The molecule has 0 bridgehead atoms. The second-order valence-electron chi connectivity index (χ2n) is 5.16. The SMILES string of the molecule is Cc1nc(C)c(CNC(=O)CC(=O)Nc2cccc(Cl)c2C)s1. The molecule has 2 amide bonds. The van der Waals surface area contributed by atoms with Crippen LogP contribution in [0.25, 0.3) is 0 Å². The number of thiazole rings is 1. The molecule has 1 aromatic carbocycles. The van der Waals surface area contributed by atoms with Crippen LogP contribution in [-0.2, 0) is 16.1 Å². The number of amides is 2. The predicted octanol–water partition coefficient (Wildman–Crippen LogP) is 3.37. The molecule has 2 aromatic rings. The molecule has 0 aliphatic carbocycles. The van der Waals surface area contributed by atoms with Crippen molar-refractivity contribution >= 4 is 40.4 Å². The number of aromatic nitrogens is 1. The van der Waals surface area contributed by atoms with Gasteiger partial charge in [0.1, 0.15) is 6.42 Å². The third-order valence-corrected chi connectivity index (χ3v) is 4.79. The zero-order valence-electron chi connectivity index (χ0n) is 13.2. The summed E-state index contributed by atoms with van der Waals surface area (Å²) in [4.78, 5) is 29.1. The normalized spacial score (nSPS) is 10.4. The highest BCUT2D eigenvalue weighted by Gasteiger charge is 2.12. The number of hydrogen-bond donors (Lipinski definition) is 2. The maximum Gasteiger partial charge on any atom is 0.233 e. The Kier molecular flexibility index (Phi) is 5.74. The Morgan fingerprint density at radius 3 is 2.61 bits per heavy atom. The van der Waals surface area contributed by atoms with Gasteiger partial charge in [-0.25, -0.2) is 4.98 Å². The quantitative estimate of drug-likeness (QED) is 0.811.